The highest BCUT2D eigenvalue weighted by Crippen LogP contribution is 2.21. The molecule has 6 heteroatoms. The van der Waals surface area contributed by atoms with Crippen LogP contribution in [0.25, 0.3) is 0 Å². The molecule has 4 rings (SSSR count). The SMILES string of the molecule is Cc1cccc(CC(=O)N2CCN(c3ccc(NC(=O)CSc4ccccc4)cc3)CC2)c1. The maximum atomic E-state index is 12.7. The molecule has 1 aliphatic rings. The molecule has 0 saturated carbocycles. The molecule has 0 aliphatic carbocycles. The lowest BCUT2D eigenvalue weighted by Gasteiger charge is -2.36. The van der Waals surface area contributed by atoms with Gasteiger partial charge >= 0.3 is 0 Å². The fourth-order valence-corrected chi connectivity index (χ4v) is 4.66. The molecule has 1 N–H and O–H groups in total. The van der Waals surface area contributed by atoms with Gasteiger partial charge in [-0.15, -0.1) is 11.8 Å². The minimum atomic E-state index is -0.0164. The number of piperazine rings is 1. The predicted octanol–water partition coefficient (Wildman–Crippen LogP) is 4.62. The van der Waals surface area contributed by atoms with Crippen molar-refractivity contribution in [2.24, 2.45) is 0 Å². The summed E-state index contributed by atoms with van der Waals surface area (Å²) in [5.41, 5.74) is 4.16. The van der Waals surface area contributed by atoms with E-state index < -0.39 is 0 Å². The molecule has 2 amide bonds. The maximum absolute atomic E-state index is 12.7. The van der Waals surface area contributed by atoms with E-state index in [-0.39, 0.29) is 11.8 Å². The van der Waals surface area contributed by atoms with Crippen molar-refractivity contribution in [1.82, 2.24) is 4.90 Å². The summed E-state index contributed by atoms with van der Waals surface area (Å²) < 4.78 is 0. The molecule has 1 heterocycles. The third-order valence-corrected chi connectivity index (χ3v) is 6.71. The van der Waals surface area contributed by atoms with Crippen LogP contribution in [-0.2, 0) is 16.0 Å². The van der Waals surface area contributed by atoms with E-state index in [0.29, 0.717) is 12.2 Å². The Bertz CT molecular complexity index is 1080. The summed E-state index contributed by atoms with van der Waals surface area (Å²) >= 11 is 1.52. The quantitative estimate of drug-likeness (QED) is 0.524. The van der Waals surface area contributed by atoms with E-state index >= 15 is 0 Å². The number of anilines is 2. The van der Waals surface area contributed by atoms with Gasteiger partial charge in [-0.1, -0.05) is 48.0 Å². The van der Waals surface area contributed by atoms with Crippen LogP contribution in [0.3, 0.4) is 0 Å². The third-order valence-electron chi connectivity index (χ3n) is 5.70. The highest BCUT2D eigenvalue weighted by atomic mass is 32.2. The van der Waals surface area contributed by atoms with Crippen LogP contribution in [-0.4, -0.2) is 48.6 Å². The first-order valence-electron chi connectivity index (χ1n) is 11.2. The first-order valence-corrected chi connectivity index (χ1v) is 12.2. The minimum Gasteiger partial charge on any atom is -0.368 e. The van der Waals surface area contributed by atoms with E-state index in [4.69, 9.17) is 0 Å². The van der Waals surface area contributed by atoms with E-state index in [1.165, 1.54) is 17.3 Å². The number of amides is 2. The van der Waals surface area contributed by atoms with Gasteiger partial charge < -0.3 is 15.1 Å². The average molecular weight is 460 g/mol. The number of rotatable bonds is 7. The molecule has 1 aliphatic heterocycles. The predicted molar refractivity (Wildman–Crippen MR) is 136 cm³/mol. The Hall–Kier alpha value is -3.25. The van der Waals surface area contributed by atoms with Crippen LogP contribution >= 0.6 is 11.8 Å². The molecular weight excluding hydrogens is 430 g/mol. The fraction of sp³-hybridized carbons (Fsp3) is 0.259. The zero-order valence-electron chi connectivity index (χ0n) is 18.9. The van der Waals surface area contributed by atoms with Crippen molar-refractivity contribution in [3.8, 4) is 0 Å². The van der Waals surface area contributed by atoms with E-state index in [0.717, 1.165) is 48.0 Å². The van der Waals surface area contributed by atoms with Crippen molar-refractivity contribution in [1.29, 1.82) is 0 Å². The second kappa shape index (κ2) is 11.1. The van der Waals surface area contributed by atoms with Crippen molar-refractivity contribution in [3.05, 3.63) is 90.0 Å². The molecular formula is C27H29N3O2S. The first-order chi connectivity index (χ1) is 16.1. The van der Waals surface area contributed by atoms with Gasteiger partial charge in [0.2, 0.25) is 11.8 Å². The van der Waals surface area contributed by atoms with Crippen LogP contribution in [0.15, 0.2) is 83.8 Å². The van der Waals surface area contributed by atoms with Crippen molar-refractivity contribution in [3.63, 3.8) is 0 Å². The molecule has 0 unspecified atom stereocenters. The van der Waals surface area contributed by atoms with Gasteiger partial charge in [-0.05, 0) is 48.9 Å². The summed E-state index contributed by atoms with van der Waals surface area (Å²) in [7, 11) is 0. The number of hydrogen-bond acceptors (Lipinski definition) is 4. The van der Waals surface area contributed by atoms with Gasteiger partial charge in [-0.3, -0.25) is 9.59 Å². The molecule has 0 spiro atoms. The van der Waals surface area contributed by atoms with Gasteiger partial charge in [-0.25, -0.2) is 0 Å². The number of thioether (sulfide) groups is 1. The van der Waals surface area contributed by atoms with Gasteiger partial charge in [0.05, 0.1) is 12.2 Å². The lowest BCUT2D eigenvalue weighted by Crippen LogP contribution is -2.49. The largest absolute Gasteiger partial charge is 0.368 e. The molecule has 33 heavy (non-hydrogen) atoms. The Labute approximate surface area is 199 Å². The first kappa shape index (κ1) is 22.9. The maximum Gasteiger partial charge on any atom is 0.234 e. The van der Waals surface area contributed by atoms with Gasteiger partial charge in [-0.2, -0.15) is 0 Å². The summed E-state index contributed by atoms with van der Waals surface area (Å²) in [5.74, 6) is 0.550. The van der Waals surface area contributed by atoms with Crippen LogP contribution in [0.5, 0.6) is 0 Å². The highest BCUT2D eigenvalue weighted by Gasteiger charge is 2.21. The molecule has 0 atom stereocenters. The summed E-state index contributed by atoms with van der Waals surface area (Å²) in [4.78, 5) is 30.2. The molecule has 0 aromatic heterocycles. The molecule has 1 saturated heterocycles. The number of nitrogens with one attached hydrogen (secondary N) is 1. The van der Waals surface area contributed by atoms with Crippen LogP contribution in [0, 0.1) is 6.92 Å². The highest BCUT2D eigenvalue weighted by molar-refractivity contribution is 8.00. The number of hydrogen-bond donors (Lipinski definition) is 1. The second-order valence-electron chi connectivity index (χ2n) is 8.23. The van der Waals surface area contributed by atoms with Gasteiger partial charge in [0.25, 0.3) is 0 Å². The minimum absolute atomic E-state index is 0.0164. The summed E-state index contributed by atoms with van der Waals surface area (Å²) in [6, 6.07) is 26.0. The van der Waals surface area contributed by atoms with Crippen molar-refractivity contribution in [2.75, 3.05) is 42.1 Å². The fourth-order valence-electron chi connectivity index (χ4n) is 3.94. The summed E-state index contributed by atoms with van der Waals surface area (Å²) in [5, 5.41) is 2.96. The Morgan fingerprint density at radius 1 is 0.879 bits per heavy atom. The molecule has 3 aromatic carbocycles. The summed E-state index contributed by atoms with van der Waals surface area (Å²) in [6.45, 7) is 5.10. The molecule has 5 nitrogen and oxygen atoms in total. The average Bonchev–Trinajstić information content (AvgIpc) is 2.84. The Morgan fingerprint density at radius 3 is 2.30 bits per heavy atom. The number of carbonyl (C=O) groups is 2. The number of carbonyl (C=O) groups excluding carboxylic acids is 2. The molecule has 0 bridgehead atoms. The van der Waals surface area contributed by atoms with E-state index in [1.54, 1.807) is 0 Å². The third kappa shape index (κ3) is 6.62. The number of aryl methyl sites for hydroxylation is 1. The normalized spacial score (nSPS) is 13.6. The van der Waals surface area contributed by atoms with E-state index in [1.807, 2.05) is 84.6 Å². The molecule has 1 fully saturated rings. The molecule has 0 radical (unpaired) electrons. The Kier molecular flexibility index (Phi) is 7.68. The summed E-state index contributed by atoms with van der Waals surface area (Å²) in [6.07, 6.45) is 0.457. The van der Waals surface area contributed by atoms with Crippen molar-refractivity contribution < 1.29 is 9.59 Å². The van der Waals surface area contributed by atoms with Crippen LogP contribution in [0.1, 0.15) is 11.1 Å². The van der Waals surface area contributed by atoms with Crippen LogP contribution < -0.4 is 10.2 Å². The number of nitrogens with zero attached hydrogens (tertiary/aromatic N) is 2. The monoisotopic (exact) mass is 459 g/mol. The van der Waals surface area contributed by atoms with Crippen molar-refractivity contribution >= 4 is 35.0 Å². The van der Waals surface area contributed by atoms with E-state index in [2.05, 4.69) is 16.3 Å². The smallest absolute Gasteiger partial charge is 0.234 e. The van der Waals surface area contributed by atoms with Gasteiger partial charge in [0.15, 0.2) is 0 Å². The Morgan fingerprint density at radius 2 is 1.61 bits per heavy atom. The molecule has 3 aromatic rings. The lowest BCUT2D eigenvalue weighted by molar-refractivity contribution is -0.130. The zero-order valence-corrected chi connectivity index (χ0v) is 19.7. The standard InChI is InChI=1S/C27H29N3O2S/c1-21-6-5-7-22(18-21)19-27(32)30-16-14-29(15-17-30)24-12-10-23(11-13-24)28-26(31)20-33-25-8-3-2-4-9-25/h2-13,18H,14-17,19-20H2,1H3,(H,28,31). The topological polar surface area (TPSA) is 52.7 Å². The Balaban J connectivity index is 1.23. The van der Waals surface area contributed by atoms with E-state index in [9.17, 15) is 9.59 Å². The zero-order chi connectivity index (χ0) is 23.0. The van der Waals surface area contributed by atoms with Crippen molar-refractivity contribution in [2.45, 2.75) is 18.2 Å². The van der Waals surface area contributed by atoms with Crippen LogP contribution in [0.2, 0.25) is 0 Å². The lowest BCUT2D eigenvalue weighted by atomic mass is 10.1. The van der Waals surface area contributed by atoms with Gasteiger partial charge in [0.1, 0.15) is 0 Å². The van der Waals surface area contributed by atoms with Crippen LogP contribution in [0.4, 0.5) is 11.4 Å². The molecule has 170 valence electrons. The number of benzene rings is 3. The van der Waals surface area contributed by atoms with Gasteiger partial charge in [0, 0.05) is 42.4 Å². The second-order valence-corrected chi connectivity index (χ2v) is 9.28.